The van der Waals surface area contributed by atoms with Crippen LogP contribution in [0.2, 0.25) is 0 Å². The van der Waals surface area contributed by atoms with E-state index in [4.69, 9.17) is 0 Å². The third-order valence-electron chi connectivity index (χ3n) is 3.74. The lowest BCUT2D eigenvalue weighted by atomic mass is 10.1. The smallest absolute Gasteiger partial charge is 0.272 e. The second-order valence-electron chi connectivity index (χ2n) is 6.37. The van der Waals surface area contributed by atoms with Crippen LogP contribution in [0.25, 0.3) is 0 Å². The van der Waals surface area contributed by atoms with Crippen LogP contribution < -0.4 is 5.32 Å². The molecule has 132 valence electrons. The highest BCUT2D eigenvalue weighted by atomic mass is 16.2. The molecular weight excluding hydrogens is 316 g/mol. The molecule has 0 aromatic carbocycles. The second-order valence-corrected chi connectivity index (χ2v) is 6.37. The predicted octanol–water partition coefficient (Wildman–Crippen LogP) is 2.18. The van der Waals surface area contributed by atoms with Gasteiger partial charge in [-0.15, -0.1) is 0 Å². The molecule has 0 saturated carbocycles. The molecule has 2 aromatic heterocycles. The molecule has 0 radical (unpaired) electrons. The SMILES string of the molecule is CC(C)CNC(=O)c1ccnc(C(=O)N(C)CCc2ccncc2)c1. The van der Waals surface area contributed by atoms with Crippen LogP contribution in [0.4, 0.5) is 0 Å². The van der Waals surface area contributed by atoms with Gasteiger partial charge in [-0.25, -0.2) is 0 Å². The van der Waals surface area contributed by atoms with E-state index in [-0.39, 0.29) is 17.5 Å². The maximum absolute atomic E-state index is 12.5. The van der Waals surface area contributed by atoms with Crippen LogP contribution in [0.1, 0.15) is 40.3 Å². The molecule has 0 bridgehead atoms. The lowest BCUT2D eigenvalue weighted by molar-refractivity contribution is 0.0791. The molecule has 6 nitrogen and oxygen atoms in total. The fourth-order valence-electron chi connectivity index (χ4n) is 2.23. The van der Waals surface area contributed by atoms with E-state index >= 15 is 0 Å². The topological polar surface area (TPSA) is 75.2 Å². The zero-order valence-corrected chi connectivity index (χ0v) is 14.9. The first-order chi connectivity index (χ1) is 12.0. The van der Waals surface area contributed by atoms with Crippen molar-refractivity contribution >= 4 is 11.8 Å². The number of hydrogen-bond donors (Lipinski definition) is 1. The zero-order valence-electron chi connectivity index (χ0n) is 14.9. The summed E-state index contributed by atoms with van der Waals surface area (Å²) < 4.78 is 0. The van der Waals surface area contributed by atoms with E-state index in [2.05, 4.69) is 15.3 Å². The molecule has 1 N–H and O–H groups in total. The van der Waals surface area contributed by atoms with Gasteiger partial charge in [0, 0.05) is 44.3 Å². The largest absolute Gasteiger partial charge is 0.352 e. The number of rotatable bonds is 7. The Balaban J connectivity index is 1.98. The lowest BCUT2D eigenvalue weighted by Crippen LogP contribution is -2.30. The second kappa shape index (κ2) is 8.92. The normalized spacial score (nSPS) is 10.6. The van der Waals surface area contributed by atoms with Gasteiger partial charge >= 0.3 is 0 Å². The average molecular weight is 340 g/mol. The molecule has 6 heteroatoms. The van der Waals surface area contributed by atoms with Crippen molar-refractivity contribution in [2.75, 3.05) is 20.1 Å². The fraction of sp³-hybridized carbons (Fsp3) is 0.368. The molecule has 0 saturated heterocycles. The van der Waals surface area contributed by atoms with E-state index in [1.165, 1.54) is 6.20 Å². The fourth-order valence-corrected chi connectivity index (χ4v) is 2.23. The average Bonchev–Trinajstić information content (AvgIpc) is 2.64. The third-order valence-corrected chi connectivity index (χ3v) is 3.74. The zero-order chi connectivity index (χ0) is 18.2. The highest BCUT2D eigenvalue weighted by Gasteiger charge is 2.15. The van der Waals surface area contributed by atoms with Gasteiger partial charge in [-0.05, 0) is 42.2 Å². The number of aromatic nitrogens is 2. The van der Waals surface area contributed by atoms with E-state index in [0.29, 0.717) is 24.6 Å². The molecule has 0 aliphatic carbocycles. The van der Waals surface area contributed by atoms with Crippen molar-refractivity contribution < 1.29 is 9.59 Å². The first-order valence-electron chi connectivity index (χ1n) is 8.36. The highest BCUT2D eigenvalue weighted by molar-refractivity contribution is 5.98. The van der Waals surface area contributed by atoms with Crippen LogP contribution in [0, 0.1) is 5.92 Å². The van der Waals surface area contributed by atoms with Gasteiger partial charge in [0.15, 0.2) is 0 Å². The third kappa shape index (κ3) is 5.67. The Hall–Kier alpha value is -2.76. The van der Waals surface area contributed by atoms with Crippen LogP contribution in [0.3, 0.4) is 0 Å². The minimum atomic E-state index is -0.201. The summed E-state index contributed by atoms with van der Waals surface area (Å²) in [4.78, 5) is 34.4. The highest BCUT2D eigenvalue weighted by Crippen LogP contribution is 2.07. The Kier molecular flexibility index (Phi) is 6.62. The maximum atomic E-state index is 12.5. The monoisotopic (exact) mass is 340 g/mol. The number of amides is 2. The van der Waals surface area contributed by atoms with Gasteiger partial charge < -0.3 is 10.2 Å². The first-order valence-corrected chi connectivity index (χ1v) is 8.36. The standard InChI is InChI=1S/C19H24N4O2/c1-14(2)13-22-18(24)16-6-10-21-17(12-16)19(25)23(3)11-7-15-4-8-20-9-5-15/h4-6,8-10,12,14H,7,11,13H2,1-3H3,(H,22,24). The molecule has 25 heavy (non-hydrogen) atoms. The number of likely N-dealkylation sites (N-methyl/N-ethyl adjacent to an activating group) is 1. The van der Waals surface area contributed by atoms with Gasteiger partial charge in [0.25, 0.3) is 11.8 Å². The van der Waals surface area contributed by atoms with Crippen molar-refractivity contribution in [2.24, 2.45) is 5.92 Å². The predicted molar refractivity (Wildman–Crippen MR) is 96.3 cm³/mol. The molecular formula is C19H24N4O2. The van der Waals surface area contributed by atoms with Crippen molar-refractivity contribution in [1.29, 1.82) is 0 Å². The van der Waals surface area contributed by atoms with E-state index in [1.54, 1.807) is 36.5 Å². The van der Waals surface area contributed by atoms with Crippen molar-refractivity contribution in [3.05, 3.63) is 59.7 Å². The van der Waals surface area contributed by atoms with Crippen LogP contribution >= 0.6 is 0 Å². The summed E-state index contributed by atoms with van der Waals surface area (Å²) in [6.45, 7) is 5.21. The van der Waals surface area contributed by atoms with E-state index < -0.39 is 0 Å². The van der Waals surface area contributed by atoms with Crippen LogP contribution in [-0.4, -0.2) is 46.8 Å². The molecule has 2 amide bonds. The lowest BCUT2D eigenvalue weighted by Gasteiger charge is -2.17. The summed E-state index contributed by atoms with van der Waals surface area (Å²) in [5.41, 5.74) is 1.83. The molecule has 0 aliphatic rings. The molecule has 2 aromatic rings. The summed E-state index contributed by atoms with van der Waals surface area (Å²) in [7, 11) is 1.73. The van der Waals surface area contributed by atoms with Crippen molar-refractivity contribution in [3.8, 4) is 0 Å². The summed E-state index contributed by atoms with van der Waals surface area (Å²) in [6, 6.07) is 7.01. The molecule has 2 heterocycles. The Morgan fingerprint density at radius 1 is 1.16 bits per heavy atom. The number of pyridine rings is 2. The number of carbonyl (C=O) groups excluding carboxylic acids is 2. The van der Waals surface area contributed by atoms with Gasteiger partial charge in [0.1, 0.15) is 5.69 Å². The summed E-state index contributed by atoms with van der Waals surface area (Å²) >= 11 is 0. The van der Waals surface area contributed by atoms with Crippen LogP contribution in [0.15, 0.2) is 42.9 Å². The van der Waals surface area contributed by atoms with Gasteiger partial charge in [0.05, 0.1) is 0 Å². The van der Waals surface area contributed by atoms with Gasteiger partial charge in [0.2, 0.25) is 0 Å². The number of hydrogen-bond acceptors (Lipinski definition) is 4. The van der Waals surface area contributed by atoms with Crippen LogP contribution in [-0.2, 0) is 6.42 Å². The summed E-state index contributed by atoms with van der Waals surface area (Å²) in [5.74, 6) is -0.0247. The number of nitrogens with zero attached hydrogens (tertiary/aromatic N) is 3. The Labute approximate surface area is 148 Å². The van der Waals surface area contributed by atoms with Gasteiger partial charge in [-0.1, -0.05) is 13.8 Å². The van der Waals surface area contributed by atoms with Gasteiger partial charge in [-0.2, -0.15) is 0 Å². The Bertz CT molecular complexity index is 716. The Morgan fingerprint density at radius 2 is 1.88 bits per heavy atom. The minimum absolute atomic E-state index is 0.190. The molecule has 2 rings (SSSR count). The van der Waals surface area contributed by atoms with Crippen molar-refractivity contribution in [1.82, 2.24) is 20.2 Å². The summed E-state index contributed by atoms with van der Waals surface area (Å²) in [5, 5.41) is 2.84. The number of nitrogens with one attached hydrogen (secondary N) is 1. The van der Waals surface area contributed by atoms with Crippen molar-refractivity contribution in [3.63, 3.8) is 0 Å². The Morgan fingerprint density at radius 3 is 2.56 bits per heavy atom. The molecule has 0 fully saturated rings. The number of carbonyl (C=O) groups is 2. The van der Waals surface area contributed by atoms with E-state index in [9.17, 15) is 9.59 Å². The summed E-state index contributed by atoms with van der Waals surface area (Å²) in [6.07, 6.45) is 5.70. The first kappa shape index (κ1) is 18.6. The van der Waals surface area contributed by atoms with E-state index in [1.807, 2.05) is 26.0 Å². The molecule has 0 spiro atoms. The maximum Gasteiger partial charge on any atom is 0.272 e. The van der Waals surface area contributed by atoms with Gasteiger partial charge in [-0.3, -0.25) is 19.6 Å². The quantitative estimate of drug-likeness (QED) is 0.838. The van der Waals surface area contributed by atoms with Crippen LogP contribution in [0.5, 0.6) is 0 Å². The van der Waals surface area contributed by atoms with Crippen molar-refractivity contribution in [2.45, 2.75) is 20.3 Å². The minimum Gasteiger partial charge on any atom is -0.352 e. The molecule has 0 atom stereocenters. The molecule has 0 aliphatic heterocycles. The van der Waals surface area contributed by atoms with E-state index in [0.717, 1.165) is 12.0 Å². The molecule has 0 unspecified atom stereocenters.